The van der Waals surface area contributed by atoms with E-state index in [4.69, 9.17) is 11.6 Å². The average molecular weight is 255 g/mol. The van der Waals surface area contributed by atoms with Gasteiger partial charge in [-0.3, -0.25) is 4.90 Å². The van der Waals surface area contributed by atoms with E-state index in [1.807, 2.05) is 13.0 Å². The third-order valence-electron chi connectivity index (χ3n) is 3.18. The van der Waals surface area contributed by atoms with Crippen LogP contribution in [0, 0.1) is 6.92 Å². The molecular weight excluding hydrogens is 236 g/mol. The standard InChI is InChI=1S/C12H19ClN4/c1-9(2)16-4-6-17(7-5-16)11-8-10(3)14-12(13)15-11/h8-9H,4-7H2,1-3H3. The van der Waals surface area contributed by atoms with E-state index in [-0.39, 0.29) is 0 Å². The Kier molecular flexibility index (Phi) is 3.84. The van der Waals surface area contributed by atoms with Crippen LogP contribution in [-0.4, -0.2) is 47.1 Å². The van der Waals surface area contributed by atoms with E-state index in [0.29, 0.717) is 11.3 Å². The van der Waals surface area contributed by atoms with Crippen LogP contribution < -0.4 is 4.90 Å². The summed E-state index contributed by atoms with van der Waals surface area (Å²) in [6, 6.07) is 2.62. The number of hydrogen-bond acceptors (Lipinski definition) is 4. The maximum absolute atomic E-state index is 5.89. The summed E-state index contributed by atoms with van der Waals surface area (Å²) in [5, 5.41) is 0.339. The molecule has 1 fully saturated rings. The van der Waals surface area contributed by atoms with Gasteiger partial charge in [0.15, 0.2) is 0 Å². The van der Waals surface area contributed by atoms with Gasteiger partial charge in [-0.05, 0) is 32.4 Å². The van der Waals surface area contributed by atoms with E-state index in [9.17, 15) is 0 Å². The number of anilines is 1. The lowest BCUT2D eigenvalue weighted by atomic mass is 10.2. The Bertz CT molecular complexity index is 366. The van der Waals surface area contributed by atoms with Crippen LogP contribution in [0.2, 0.25) is 5.28 Å². The van der Waals surface area contributed by atoms with Crippen molar-refractivity contribution < 1.29 is 0 Å². The second-order valence-electron chi connectivity index (χ2n) is 4.75. The van der Waals surface area contributed by atoms with Crippen molar-refractivity contribution in [2.24, 2.45) is 0 Å². The zero-order valence-corrected chi connectivity index (χ0v) is 11.4. The van der Waals surface area contributed by atoms with Gasteiger partial charge in [0.1, 0.15) is 5.82 Å². The summed E-state index contributed by atoms with van der Waals surface area (Å²) < 4.78 is 0. The summed E-state index contributed by atoms with van der Waals surface area (Å²) in [6.45, 7) is 10.6. The fourth-order valence-electron chi connectivity index (χ4n) is 2.15. The molecule has 0 saturated carbocycles. The Balaban J connectivity index is 2.05. The molecule has 0 bridgehead atoms. The number of hydrogen-bond donors (Lipinski definition) is 0. The monoisotopic (exact) mass is 254 g/mol. The van der Waals surface area contributed by atoms with E-state index in [1.54, 1.807) is 0 Å². The molecule has 0 radical (unpaired) electrons. The quantitative estimate of drug-likeness (QED) is 0.756. The lowest BCUT2D eigenvalue weighted by Crippen LogP contribution is -2.49. The highest BCUT2D eigenvalue weighted by Gasteiger charge is 2.20. The Morgan fingerprint density at radius 3 is 2.35 bits per heavy atom. The normalized spacial score (nSPS) is 17.8. The highest BCUT2D eigenvalue weighted by molar-refractivity contribution is 6.28. The van der Waals surface area contributed by atoms with E-state index in [1.165, 1.54) is 0 Å². The van der Waals surface area contributed by atoms with Crippen molar-refractivity contribution in [2.75, 3.05) is 31.1 Å². The van der Waals surface area contributed by atoms with Crippen molar-refractivity contribution in [1.29, 1.82) is 0 Å². The van der Waals surface area contributed by atoms with Crippen LogP contribution >= 0.6 is 11.6 Å². The minimum absolute atomic E-state index is 0.339. The minimum Gasteiger partial charge on any atom is -0.354 e. The van der Waals surface area contributed by atoms with Gasteiger partial charge < -0.3 is 4.90 Å². The number of rotatable bonds is 2. The highest BCUT2D eigenvalue weighted by Crippen LogP contribution is 2.17. The Morgan fingerprint density at radius 1 is 1.18 bits per heavy atom. The van der Waals surface area contributed by atoms with E-state index >= 15 is 0 Å². The largest absolute Gasteiger partial charge is 0.354 e. The van der Waals surface area contributed by atoms with Crippen molar-refractivity contribution in [3.63, 3.8) is 0 Å². The zero-order valence-electron chi connectivity index (χ0n) is 10.6. The zero-order chi connectivity index (χ0) is 12.4. The predicted molar refractivity (Wildman–Crippen MR) is 70.7 cm³/mol. The topological polar surface area (TPSA) is 32.3 Å². The molecule has 0 amide bonds. The van der Waals surface area contributed by atoms with Gasteiger partial charge in [-0.25, -0.2) is 9.97 Å². The third kappa shape index (κ3) is 3.07. The number of halogens is 1. The van der Waals surface area contributed by atoms with Crippen LogP contribution in [0.4, 0.5) is 5.82 Å². The first-order valence-corrected chi connectivity index (χ1v) is 6.44. The molecule has 0 N–H and O–H groups in total. The van der Waals surface area contributed by atoms with E-state index in [0.717, 1.165) is 37.7 Å². The highest BCUT2D eigenvalue weighted by atomic mass is 35.5. The summed E-state index contributed by atoms with van der Waals surface area (Å²) in [5.74, 6) is 0.950. The maximum Gasteiger partial charge on any atom is 0.224 e. The minimum atomic E-state index is 0.339. The van der Waals surface area contributed by atoms with Gasteiger partial charge in [-0.1, -0.05) is 0 Å². The smallest absolute Gasteiger partial charge is 0.224 e. The van der Waals surface area contributed by atoms with Crippen LogP contribution in [0.1, 0.15) is 19.5 Å². The molecule has 0 aliphatic carbocycles. The van der Waals surface area contributed by atoms with Gasteiger partial charge in [-0.2, -0.15) is 0 Å². The van der Waals surface area contributed by atoms with Crippen molar-refractivity contribution in [2.45, 2.75) is 26.8 Å². The third-order valence-corrected chi connectivity index (χ3v) is 3.35. The molecule has 2 rings (SSSR count). The molecule has 5 heteroatoms. The molecule has 17 heavy (non-hydrogen) atoms. The second kappa shape index (κ2) is 5.19. The van der Waals surface area contributed by atoms with Crippen LogP contribution in [0.5, 0.6) is 0 Å². The van der Waals surface area contributed by atoms with E-state index < -0.39 is 0 Å². The van der Waals surface area contributed by atoms with Crippen LogP contribution in [0.3, 0.4) is 0 Å². The number of aryl methyl sites for hydroxylation is 1. The molecule has 4 nitrogen and oxygen atoms in total. The van der Waals surface area contributed by atoms with Gasteiger partial charge in [-0.15, -0.1) is 0 Å². The average Bonchev–Trinajstić information content (AvgIpc) is 2.28. The van der Waals surface area contributed by atoms with Crippen molar-refractivity contribution in [3.8, 4) is 0 Å². The summed E-state index contributed by atoms with van der Waals surface area (Å²) in [5.41, 5.74) is 0.922. The second-order valence-corrected chi connectivity index (χ2v) is 5.09. The number of nitrogens with zero attached hydrogens (tertiary/aromatic N) is 4. The maximum atomic E-state index is 5.89. The van der Waals surface area contributed by atoms with Gasteiger partial charge in [0.2, 0.25) is 5.28 Å². The summed E-state index contributed by atoms with van der Waals surface area (Å²) in [4.78, 5) is 13.1. The first-order chi connectivity index (χ1) is 8.06. The molecule has 94 valence electrons. The molecule has 1 saturated heterocycles. The number of piperazine rings is 1. The Hall–Kier alpha value is -0.870. The first kappa shape index (κ1) is 12.6. The fourth-order valence-corrected chi connectivity index (χ4v) is 2.37. The molecule has 1 aliphatic heterocycles. The molecule has 0 atom stereocenters. The summed E-state index contributed by atoms with van der Waals surface area (Å²) >= 11 is 5.89. The number of aromatic nitrogens is 2. The SMILES string of the molecule is Cc1cc(N2CCN(C(C)C)CC2)nc(Cl)n1. The Morgan fingerprint density at radius 2 is 1.82 bits per heavy atom. The molecule has 0 aromatic carbocycles. The van der Waals surface area contributed by atoms with Crippen molar-refractivity contribution in [1.82, 2.24) is 14.9 Å². The molecular formula is C12H19ClN4. The van der Waals surface area contributed by atoms with E-state index in [2.05, 4.69) is 33.6 Å². The lowest BCUT2D eigenvalue weighted by Gasteiger charge is -2.37. The van der Waals surface area contributed by atoms with Gasteiger partial charge >= 0.3 is 0 Å². The first-order valence-electron chi connectivity index (χ1n) is 6.06. The van der Waals surface area contributed by atoms with Crippen LogP contribution in [0.15, 0.2) is 6.07 Å². The van der Waals surface area contributed by atoms with Crippen molar-refractivity contribution >= 4 is 17.4 Å². The lowest BCUT2D eigenvalue weighted by molar-refractivity contribution is 0.209. The molecule has 2 heterocycles. The summed E-state index contributed by atoms with van der Waals surface area (Å²) in [6.07, 6.45) is 0. The van der Waals surface area contributed by atoms with Crippen LogP contribution in [-0.2, 0) is 0 Å². The van der Waals surface area contributed by atoms with Gasteiger partial charge in [0.05, 0.1) is 0 Å². The molecule has 0 unspecified atom stereocenters. The van der Waals surface area contributed by atoms with Gasteiger partial charge in [0.25, 0.3) is 0 Å². The molecule has 1 aromatic heterocycles. The Labute approximate surface area is 108 Å². The predicted octanol–water partition coefficient (Wildman–Crippen LogP) is 1.97. The molecule has 0 spiro atoms. The van der Waals surface area contributed by atoms with Crippen molar-refractivity contribution in [3.05, 3.63) is 17.0 Å². The fraction of sp³-hybridized carbons (Fsp3) is 0.667. The molecule has 1 aliphatic rings. The van der Waals surface area contributed by atoms with Gasteiger partial charge in [0, 0.05) is 44.0 Å². The summed E-state index contributed by atoms with van der Waals surface area (Å²) in [7, 11) is 0. The molecule has 1 aromatic rings. The van der Waals surface area contributed by atoms with Crippen LogP contribution in [0.25, 0.3) is 0 Å².